The Morgan fingerprint density at radius 1 is 1.26 bits per heavy atom. The van der Waals surface area contributed by atoms with Gasteiger partial charge < -0.3 is 20.7 Å². The smallest absolute Gasteiger partial charge is 0.306 e. The van der Waals surface area contributed by atoms with Crippen molar-refractivity contribution in [3.05, 3.63) is 53.3 Å². The first-order chi connectivity index (χ1) is 21.8. The van der Waals surface area contributed by atoms with E-state index in [-0.39, 0.29) is 41.5 Å². The molecule has 3 saturated carbocycles. The number of nitrogens with two attached hydrogens (primary N) is 1. The van der Waals surface area contributed by atoms with Crippen molar-refractivity contribution in [1.29, 1.82) is 0 Å². The van der Waals surface area contributed by atoms with Crippen LogP contribution in [0.4, 0.5) is 5.69 Å². The molecule has 0 amide bonds. The molecule has 9 nitrogen and oxygen atoms in total. The van der Waals surface area contributed by atoms with E-state index in [4.69, 9.17) is 15.5 Å². The van der Waals surface area contributed by atoms with Gasteiger partial charge in [0, 0.05) is 18.3 Å². The van der Waals surface area contributed by atoms with Crippen LogP contribution in [-0.2, 0) is 25.5 Å². The molecule has 1 saturated heterocycles. The SMILES string of the molecule is CCC(=O)O[C@]1(C(=O)S)CCC2[C@@H]3CCC4=CC(=Nc5cccc(C([O-])=NC6CC[S+](O)C6)c5)/C(=C\N)C[C@]4(C)C3[C@@H](O)C[C@@]21C. The van der Waals surface area contributed by atoms with E-state index in [1.807, 2.05) is 13.0 Å². The number of fused-ring (bicyclic) bond motifs is 5. The van der Waals surface area contributed by atoms with Crippen molar-refractivity contribution in [3.8, 4) is 0 Å². The van der Waals surface area contributed by atoms with Gasteiger partial charge in [-0.3, -0.25) is 14.6 Å². The van der Waals surface area contributed by atoms with E-state index in [9.17, 15) is 24.4 Å². The Kier molecular flexibility index (Phi) is 9.01. The van der Waals surface area contributed by atoms with Crippen molar-refractivity contribution < 1.29 is 29.1 Å². The average Bonchev–Trinajstić information content (AvgIpc) is 3.56. The van der Waals surface area contributed by atoms with Gasteiger partial charge in [0.25, 0.3) is 0 Å². The molecular formula is C35H45N3O6S2. The Labute approximate surface area is 279 Å². The minimum absolute atomic E-state index is 0.0629. The summed E-state index contributed by atoms with van der Waals surface area (Å²) in [4.78, 5) is 34.9. The van der Waals surface area contributed by atoms with Crippen molar-refractivity contribution in [2.24, 2.45) is 44.3 Å². The van der Waals surface area contributed by atoms with Crippen LogP contribution in [0.5, 0.6) is 0 Å². The number of aliphatic imine (C=N–C) groups is 2. The molecule has 5 aliphatic rings. The lowest BCUT2D eigenvalue weighted by Gasteiger charge is -2.60. The van der Waals surface area contributed by atoms with Gasteiger partial charge in [-0.05, 0) is 103 Å². The lowest BCUT2D eigenvalue weighted by atomic mass is 9.45. The van der Waals surface area contributed by atoms with Gasteiger partial charge >= 0.3 is 5.97 Å². The number of hydrogen-bond donors (Lipinski definition) is 4. The number of aliphatic hydroxyl groups excluding tert-OH is 1. The molecule has 0 spiro atoms. The quantitative estimate of drug-likeness (QED) is 0.116. The third kappa shape index (κ3) is 5.44. The number of benzene rings is 1. The number of aliphatic hydroxyl groups is 1. The molecule has 4 unspecified atom stereocenters. The molecule has 1 heterocycles. The highest BCUT2D eigenvalue weighted by molar-refractivity contribution is 7.96. The van der Waals surface area contributed by atoms with Crippen molar-refractivity contribution in [2.45, 2.75) is 89.9 Å². The molecule has 11 heteroatoms. The minimum atomic E-state index is -1.34. The number of carbonyl (C=O) groups is 2. The summed E-state index contributed by atoms with van der Waals surface area (Å²) in [5.74, 6) is 0.688. The zero-order valence-corrected chi connectivity index (χ0v) is 28.5. The van der Waals surface area contributed by atoms with Crippen LogP contribution < -0.4 is 10.8 Å². The number of ether oxygens (including phenoxy) is 1. The number of carbonyl (C=O) groups excluding carboxylic acids is 2. The van der Waals surface area contributed by atoms with E-state index in [1.165, 1.54) is 5.57 Å². The van der Waals surface area contributed by atoms with Crippen LogP contribution in [0.3, 0.4) is 0 Å². The van der Waals surface area contributed by atoms with Crippen LogP contribution in [0.2, 0.25) is 0 Å². The average molecular weight is 668 g/mol. The molecule has 1 aliphatic heterocycles. The van der Waals surface area contributed by atoms with Crippen molar-refractivity contribution in [2.75, 3.05) is 11.5 Å². The molecule has 4 fully saturated rings. The summed E-state index contributed by atoms with van der Waals surface area (Å²) >= 11 is 3.59. The van der Waals surface area contributed by atoms with E-state index in [1.54, 1.807) is 31.3 Å². The van der Waals surface area contributed by atoms with Crippen LogP contribution >= 0.6 is 12.6 Å². The summed E-state index contributed by atoms with van der Waals surface area (Å²) in [5.41, 5.74) is 7.74. The van der Waals surface area contributed by atoms with Gasteiger partial charge in [0.1, 0.15) is 23.0 Å². The molecular weight excluding hydrogens is 623 g/mol. The van der Waals surface area contributed by atoms with Crippen LogP contribution in [0, 0.1) is 28.6 Å². The summed E-state index contributed by atoms with van der Waals surface area (Å²) in [6.07, 6.45) is 7.66. The van der Waals surface area contributed by atoms with Gasteiger partial charge in [0.2, 0.25) is 5.12 Å². The molecule has 1 aromatic carbocycles. The standard InChI is InChI=1S/C35H45N3O6S2/c1-4-29(40)44-35(32(42)45)12-10-26-25-9-8-22-15-27(21(18-36)16-33(22,2)30(25)28(39)17-34(26,35)3)37-23-7-5-6-20(14-23)31(41)38-24-11-13-46(43)19-24/h5-7,14-15,18,24-26,28,30,39,43H,4,8-13,16-17,19H2,1-3H3,(H3-,36,37,38,41,42,45)/t24?,25-,26?,28-,30?,33-,34-,35-,46?/m0/s1. The van der Waals surface area contributed by atoms with Crippen LogP contribution in [0.1, 0.15) is 77.7 Å². The fraction of sp³-hybridized carbons (Fsp3) is 0.600. The molecule has 9 atom stereocenters. The zero-order chi connectivity index (χ0) is 33.0. The molecule has 248 valence electrons. The van der Waals surface area contributed by atoms with Crippen molar-refractivity contribution in [1.82, 2.24) is 0 Å². The number of allylic oxidation sites excluding steroid dienone is 3. The third-order valence-electron chi connectivity index (χ3n) is 11.8. The van der Waals surface area contributed by atoms with Gasteiger partial charge in [-0.2, -0.15) is 4.55 Å². The summed E-state index contributed by atoms with van der Waals surface area (Å²) in [6, 6.07) is 7.00. The normalized spacial score (nSPS) is 40.7. The zero-order valence-electron chi connectivity index (χ0n) is 26.8. The van der Waals surface area contributed by atoms with E-state index >= 15 is 0 Å². The second-order valence-corrected chi connectivity index (χ2v) is 16.3. The van der Waals surface area contributed by atoms with Gasteiger partial charge in [-0.1, -0.05) is 38.5 Å². The van der Waals surface area contributed by atoms with Gasteiger partial charge in [-0.15, -0.1) is 12.6 Å². The third-order valence-corrected chi connectivity index (χ3v) is 13.7. The summed E-state index contributed by atoms with van der Waals surface area (Å²) in [7, 11) is 0. The fourth-order valence-corrected chi connectivity index (χ4v) is 11.4. The topological polar surface area (TPSA) is 158 Å². The van der Waals surface area contributed by atoms with Gasteiger partial charge in [0.15, 0.2) is 11.4 Å². The molecule has 0 aromatic heterocycles. The highest BCUT2D eigenvalue weighted by Gasteiger charge is 2.70. The lowest BCUT2D eigenvalue weighted by Crippen LogP contribution is -2.62. The number of thiol groups is 1. The van der Waals surface area contributed by atoms with Crippen molar-refractivity contribution in [3.63, 3.8) is 0 Å². The summed E-state index contributed by atoms with van der Waals surface area (Å²) in [6.45, 7) is 5.94. The molecule has 0 bridgehead atoms. The maximum atomic E-state index is 13.1. The molecule has 0 radical (unpaired) electrons. The fourth-order valence-electron chi connectivity index (χ4n) is 9.60. The van der Waals surface area contributed by atoms with Gasteiger partial charge in [0.05, 0.1) is 17.5 Å². The number of rotatable bonds is 6. The Hall–Kier alpha value is -2.60. The number of nitrogens with zero attached hydrogens (tertiary/aromatic N) is 2. The highest BCUT2D eigenvalue weighted by Crippen LogP contribution is 2.68. The Morgan fingerprint density at radius 3 is 2.72 bits per heavy atom. The first-order valence-electron chi connectivity index (χ1n) is 16.4. The Morgan fingerprint density at radius 2 is 2.04 bits per heavy atom. The first kappa shape index (κ1) is 33.3. The predicted molar refractivity (Wildman–Crippen MR) is 182 cm³/mol. The van der Waals surface area contributed by atoms with E-state index in [2.05, 4.69) is 30.6 Å². The number of esters is 1. The van der Waals surface area contributed by atoms with Crippen molar-refractivity contribution >= 4 is 52.2 Å². The van der Waals surface area contributed by atoms with Crippen LogP contribution in [0.25, 0.3) is 0 Å². The molecule has 46 heavy (non-hydrogen) atoms. The maximum absolute atomic E-state index is 13.1. The lowest BCUT2D eigenvalue weighted by molar-refractivity contribution is -0.213. The number of hydrogen-bond acceptors (Lipinski definition) is 9. The predicted octanol–water partition coefficient (Wildman–Crippen LogP) is 4.26. The van der Waals surface area contributed by atoms with E-state index in [0.717, 1.165) is 37.0 Å². The van der Waals surface area contributed by atoms with Crippen LogP contribution in [0.15, 0.2) is 57.7 Å². The maximum Gasteiger partial charge on any atom is 0.306 e. The van der Waals surface area contributed by atoms with Gasteiger partial charge in [-0.25, -0.2) is 4.99 Å². The highest BCUT2D eigenvalue weighted by atomic mass is 32.2. The van der Waals surface area contributed by atoms with E-state index < -0.39 is 39.4 Å². The second-order valence-electron chi connectivity index (χ2n) is 14.2. The Balaban J connectivity index is 1.30. The Bertz CT molecular complexity index is 1540. The molecule has 1 aromatic rings. The molecule has 6 rings (SSSR count). The minimum Gasteiger partial charge on any atom is -0.858 e. The summed E-state index contributed by atoms with van der Waals surface area (Å²) < 4.78 is 15.8. The van der Waals surface area contributed by atoms with E-state index in [0.29, 0.717) is 42.0 Å². The molecule has 4 N–H and O–H groups in total. The molecule has 4 aliphatic carbocycles. The van der Waals surface area contributed by atoms with Crippen LogP contribution in [-0.4, -0.2) is 61.6 Å². The first-order valence-corrected chi connectivity index (χ1v) is 18.4. The summed E-state index contributed by atoms with van der Waals surface area (Å²) in [5, 5.41) is 24.4. The monoisotopic (exact) mass is 667 g/mol. The largest absolute Gasteiger partial charge is 0.858 e. The second kappa shape index (κ2) is 12.5.